The number of aromatic nitrogens is 2. The van der Waals surface area contributed by atoms with E-state index in [-0.39, 0.29) is 36.0 Å². The van der Waals surface area contributed by atoms with E-state index in [4.69, 9.17) is 9.47 Å². The van der Waals surface area contributed by atoms with Crippen molar-refractivity contribution in [3.63, 3.8) is 0 Å². The first kappa shape index (κ1) is 27.2. The topological polar surface area (TPSA) is 94.5 Å². The molecule has 8 heteroatoms. The minimum Gasteiger partial charge on any atom is -0.496 e. The second-order valence-electron chi connectivity index (χ2n) is 10.3. The van der Waals surface area contributed by atoms with Crippen molar-refractivity contribution < 1.29 is 19.1 Å². The molecule has 4 rings (SSSR count). The van der Waals surface area contributed by atoms with Crippen LogP contribution in [0.2, 0.25) is 0 Å². The molecule has 1 heterocycles. The smallest absolute Gasteiger partial charge is 0.272 e. The molecule has 1 atom stereocenters. The van der Waals surface area contributed by atoms with E-state index < -0.39 is 0 Å². The van der Waals surface area contributed by atoms with Gasteiger partial charge in [-0.3, -0.25) is 14.3 Å². The highest BCUT2D eigenvalue weighted by Crippen LogP contribution is 2.38. The molecule has 2 aromatic carbocycles. The summed E-state index contributed by atoms with van der Waals surface area (Å²) < 4.78 is 13.1. The fourth-order valence-electron chi connectivity index (χ4n) is 4.71. The summed E-state index contributed by atoms with van der Waals surface area (Å²) in [6.07, 6.45) is 3.93. The summed E-state index contributed by atoms with van der Waals surface area (Å²) in [6, 6.07) is 17.1. The van der Waals surface area contributed by atoms with Crippen LogP contribution in [0.4, 0.5) is 0 Å². The summed E-state index contributed by atoms with van der Waals surface area (Å²) in [6.45, 7) is 4.81. The first-order chi connectivity index (χ1) is 18.4. The van der Waals surface area contributed by atoms with Gasteiger partial charge in [0, 0.05) is 25.0 Å². The van der Waals surface area contributed by atoms with Crippen LogP contribution in [0.5, 0.6) is 11.5 Å². The molecule has 0 spiro atoms. The van der Waals surface area contributed by atoms with Gasteiger partial charge in [0.25, 0.3) is 5.91 Å². The molecule has 0 radical (unpaired) electrons. The first-order valence-electron chi connectivity index (χ1n) is 13.3. The van der Waals surface area contributed by atoms with Crippen LogP contribution in [0.1, 0.15) is 55.6 Å². The second-order valence-corrected chi connectivity index (χ2v) is 10.3. The van der Waals surface area contributed by atoms with Crippen LogP contribution >= 0.6 is 0 Å². The molecule has 3 aromatic rings. The third-order valence-corrected chi connectivity index (χ3v) is 6.80. The Labute approximate surface area is 224 Å². The van der Waals surface area contributed by atoms with E-state index >= 15 is 0 Å². The minimum atomic E-state index is -0.371. The van der Waals surface area contributed by atoms with Crippen LogP contribution in [0.3, 0.4) is 0 Å². The van der Waals surface area contributed by atoms with E-state index in [0.29, 0.717) is 30.4 Å². The molecule has 0 bridgehead atoms. The fourth-order valence-corrected chi connectivity index (χ4v) is 4.71. The van der Waals surface area contributed by atoms with E-state index in [0.717, 1.165) is 36.1 Å². The lowest BCUT2D eigenvalue weighted by molar-refractivity contribution is -0.122. The number of nitrogens with zero attached hydrogens (tertiary/aromatic N) is 2. The lowest BCUT2D eigenvalue weighted by Gasteiger charge is -2.27. The Hall–Kier alpha value is -3.81. The molecule has 38 heavy (non-hydrogen) atoms. The summed E-state index contributed by atoms with van der Waals surface area (Å²) in [7, 11) is 3.22. The van der Waals surface area contributed by atoms with Gasteiger partial charge in [-0.05, 0) is 55.4 Å². The number of amides is 2. The Morgan fingerprint density at radius 2 is 1.71 bits per heavy atom. The molecule has 2 N–H and O–H groups in total. The summed E-state index contributed by atoms with van der Waals surface area (Å²) in [5.74, 6) is 1.21. The van der Waals surface area contributed by atoms with Gasteiger partial charge in [-0.2, -0.15) is 5.10 Å². The maximum Gasteiger partial charge on any atom is 0.272 e. The Morgan fingerprint density at radius 3 is 2.29 bits per heavy atom. The largest absolute Gasteiger partial charge is 0.496 e. The SMILES string of the molecule is COc1cccc(OC)c1-c1cc(C(=O)NC(CC(=O)NC2CCC2)Cc2ccccc2)nn1CC(C)C. The normalized spacial score (nSPS) is 14.0. The molecule has 2 amide bonds. The molecule has 0 aliphatic heterocycles. The van der Waals surface area contributed by atoms with Gasteiger partial charge in [0.1, 0.15) is 11.5 Å². The van der Waals surface area contributed by atoms with Crippen LogP contribution in [0.15, 0.2) is 54.6 Å². The Kier molecular flexibility index (Phi) is 9.05. The standard InChI is InChI=1S/C30H38N4O4/c1-20(2)19-34-25(29-26(37-3)14-9-15-27(29)38-4)18-24(33-34)30(36)32-23(16-21-10-6-5-7-11-21)17-28(35)31-22-12-8-13-22/h5-7,9-11,14-15,18,20,22-23H,8,12-13,16-17,19H2,1-4H3,(H,31,35)(H,32,36). The molecular formula is C30H38N4O4. The summed E-state index contributed by atoms with van der Waals surface area (Å²) >= 11 is 0. The highest BCUT2D eigenvalue weighted by atomic mass is 16.5. The van der Waals surface area contributed by atoms with Crippen molar-refractivity contribution in [2.45, 2.75) is 64.6 Å². The maximum atomic E-state index is 13.5. The average molecular weight is 519 g/mol. The van der Waals surface area contributed by atoms with Crippen molar-refractivity contribution in [1.82, 2.24) is 20.4 Å². The van der Waals surface area contributed by atoms with Crippen LogP contribution < -0.4 is 20.1 Å². The number of benzene rings is 2. The molecule has 8 nitrogen and oxygen atoms in total. The summed E-state index contributed by atoms with van der Waals surface area (Å²) in [5, 5.41) is 10.9. The molecule has 1 aliphatic rings. The van der Waals surface area contributed by atoms with Crippen molar-refractivity contribution in [3.05, 3.63) is 65.9 Å². The number of carbonyl (C=O) groups is 2. The molecule has 1 fully saturated rings. The van der Waals surface area contributed by atoms with Crippen molar-refractivity contribution in [1.29, 1.82) is 0 Å². The molecule has 1 saturated carbocycles. The molecule has 1 aromatic heterocycles. The number of methoxy groups -OCH3 is 2. The number of ether oxygens (including phenoxy) is 2. The van der Waals surface area contributed by atoms with Gasteiger partial charge >= 0.3 is 0 Å². The van der Waals surface area contributed by atoms with Crippen LogP contribution in [-0.4, -0.2) is 47.9 Å². The monoisotopic (exact) mass is 518 g/mol. The summed E-state index contributed by atoms with van der Waals surface area (Å²) in [5.41, 5.74) is 2.82. The highest BCUT2D eigenvalue weighted by molar-refractivity contribution is 5.94. The van der Waals surface area contributed by atoms with Gasteiger partial charge in [-0.1, -0.05) is 50.2 Å². The minimum absolute atomic E-state index is 0.0410. The summed E-state index contributed by atoms with van der Waals surface area (Å²) in [4.78, 5) is 26.3. The quantitative estimate of drug-likeness (QED) is 0.365. The highest BCUT2D eigenvalue weighted by Gasteiger charge is 2.26. The average Bonchev–Trinajstić information content (AvgIpc) is 3.29. The zero-order valence-electron chi connectivity index (χ0n) is 22.7. The zero-order chi connectivity index (χ0) is 27.1. The lowest BCUT2D eigenvalue weighted by Crippen LogP contribution is -2.44. The van der Waals surface area contributed by atoms with E-state index in [9.17, 15) is 9.59 Å². The Balaban J connectivity index is 1.61. The van der Waals surface area contributed by atoms with Crippen molar-refractivity contribution in [2.24, 2.45) is 5.92 Å². The molecule has 1 aliphatic carbocycles. The number of nitrogens with one attached hydrogen (secondary N) is 2. The molecule has 0 saturated heterocycles. The fraction of sp³-hybridized carbons (Fsp3) is 0.433. The van der Waals surface area contributed by atoms with E-state index in [2.05, 4.69) is 29.6 Å². The number of rotatable bonds is 12. The predicted octanol–water partition coefficient (Wildman–Crippen LogP) is 4.62. The first-order valence-corrected chi connectivity index (χ1v) is 13.3. The van der Waals surface area contributed by atoms with Gasteiger partial charge in [0.15, 0.2) is 5.69 Å². The number of hydrogen-bond acceptors (Lipinski definition) is 5. The van der Waals surface area contributed by atoms with Gasteiger partial charge in [0.2, 0.25) is 5.91 Å². The van der Waals surface area contributed by atoms with E-state index in [1.807, 2.05) is 53.2 Å². The van der Waals surface area contributed by atoms with Gasteiger partial charge in [-0.15, -0.1) is 0 Å². The van der Waals surface area contributed by atoms with Crippen LogP contribution in [0, 0.1) is 5.92 Å². The number of carbonyl (C=O) groups excluding carboxylic acids is 2. The van der Waals surface area contributed by atoms with Crippen molar-refractivity contribution in [3.8, 4) is 22.8 Å². The van der Waals surface area contributed by atoms with Gasteiger partial charge < -0.3 is 20.1 Å². The Morgan fingerprint density at radius 1 is 1.03 bits per heavy atom. The van der Waals surface area contributed by atoms with Gasteiger partial charge in [-0.25, -0.2) is 0 Å². The van der Waals surface area contributed by atoms with Crippen LogP contribution in [0.25, 0.3) is 11.3 Å². The van der Waals surface area contributed by atoms with Crippen molar-refractivity contribution in [2.75, 3.05) is 14.2 Å². The lowest BCUT2D eigenvalue weighted by atomic mass is 9.93. The Bertz CT molecular complexity index is 1210. The number of hydrogen-bond donors (Lipinski definition) is 2. The van der Waals surface area contributed by atoms with Crippen molar-refractivity contribution >= 4 is 11.8 Å². The van der Waals surface area contributed by atoms with E-state index in [1.54, 1.807) is 20.3 Å². The van der Waals surface area contributed by atoms with Crippen LogP contribution in [-0.2, 0) is 17.8 Å². The van der Waals surface area contributed by atoms with Gasteiger partial charge in [0.05, 0.1) is 25.5 Å². The maximum absolute atomic E-state index is 13.5. The predicted molar refractivity (Wildman–Crippen MR) is 147 cm³/mol. The van der Waals surface area contributed by atoms with E-state index in [1.165, 1.54) is 0 Å². The second kappa shape index (κ2) is 12.6. The third-order valence-electron chi connectivity index (χ3n) is 6.80. The third kappa shape index (κ3) is 6.73. The molecule has 1 unspecified atom stereocenters. The zero-order valence-corrected chi connectivity index (χ0v) is 22.7. The molecular weight excluding hydrogens is 480 g/mol. The molecule has 202 valence electrons.